The van der Waals surface area contributed by atoms with Crippen LogP contribution in [0.1, 0.15) is 43.4 Å². The minimum absolute atomic E-state index is 0.0829. The molecule has 0 aliphatic heterocycles. The van der Waals surface area contributed by atoms with E-state index in [1.165, 1.54) is 4.90 Å². The third kappa shape index (κ3) is 7.63. The average molecular weight is 566 g/mol. The summed E-state index contributed by atoms with van der Waals surface area (Å²) in [6.45, 7) is 7.65. The summed E-state index contributed by atoms with van der Waals surface area (Å²) < 4.78 is 34.3. The lowest BCUT2D eigenvalue weighted by molar-refractivity contribution is -0.140. The van der Waals surface area contributed by atoms with Crippen molar-refractivity contribution in [1.82, 2.24) is 10.2 Å². The topological polar surface area (TPSA) is 96.0 Å². The van der Waals surface area contributed by atoms with E-state index in [1.54, 1.807) is 61.7 Å². The van der Waals surface area contributed by atoms with Gasteiger partial charge in [-0.25, -0.2) is 8.42 Å². The van der Waals surface area contributed by atoms with Crippen LogP contribution in [-0.4, -0.2) is 51.4 Å². The Morgan fingerprint density at radius 2 is 1.62 bits per heavy atom. The van der Waals surface area contributed by atoms with Gasteiger partial charge >= 0.3 is 0 Å². The largest absolute Gasteiger partial charge is 0.497 e. The lowest BCUT2D eigenvalue weighted by Gasteiger charge is -2.33. The molecule has 0 spiro atoms. The second-order valence-electron chi connectivity index (χ2n) is 9.75. The molecule has 1 atom stereocenters. The fraction of sp³-hybridized carbons (Fsp3) is 0.355. The highest BCUT2D eigenvalue weighted by atomic mass is 32.2. The Morgan fingerprint density at radius 3 is 2.25 bits per heavy atom. The van der Waals surface area contributed by atoms with Crippen LogP contribution in [-0.2, 0) is 26.2 Å². The Hall–Kier alpha value is -3.85. The van der Waals surface area contributed by atoms with Crippen molar-refractivity contribution >= 4 is 27.5 Å². The number of carbonyl (C=O) groups is 2. The molecule has 0 unspecified atom stereocenters. The molecule has 0 aromatic heterocycles. The third-order valence-electron chi connectivity index (χ3n) is 6.60. The maximum atomic E-state index is 14.1. The van der Waals surface area contributed by atoms with Crippen LogP contribution in [0.25, 0.3) is 0 Å². The van der Waals surface area contributed by atoms with E-state index in [1.807, 2.05) is 45.9 Å². The molecule has 0 saturated carbocycles. The zero-order chi connectivity index (χ0) is 29.3. The maximum Gasteiger partial charge on any atom is 0.264 e. The molecule has 3 aromatic carbocycles. The first-order chi connectivity index (χ1) is 19.1. The first kappa shape index (κ1) is 30.7. The van der Waals surface area contributed by atoms with Crippen molar-refractivity contribution in [2.45, 2.75) is 58.0 Å². The highest BCUT2D eigenvalue weighted by Gasteiger charge is 2.33. The molecular formula is C31H39N3O5S. The van der Waals surface area contributed by atoms with E-state index in [0.29, 0.717) is 24.4 Å². The van der Waals surface area contributed by atoms with Gasteiger partial charge < -0.3 is 15.0 Å². The van der Waals surface area contributed by atoms with E-state index in [4.69, 9.17) is 4.74 Å². The van der Waals surface area contributed by atoms with E-state index in [2.05, 4.69) is 5.32 Å². The van der Waals surface area contributed by atoms with Gasteiger partial charge in [0.25, 0.3) is 10.0 Å². The number of anilines is 1. The van der Waals surface area contributed by atoms with Gasteiger partial charge in [0.15, 0.2) is 0 Å². The molecular weight excluding hydrogens is 526 g/mol. The van der Waals surface area contributed by atoms with Gasteiger partial charge in [0.05, 0.1) is 17.7 Å². The summed E-state index contributed by atoms with van der Waals surface area (Å²) in [6, 6.07) is 20.0. The highest BCUT2D eigenvalue weighted by molar-refractivity contribution is 7.92. The molecule has 0 saturated heterocycles. The molecule has 3 rings (SSSR count). The lowest BCUT2D eigenvalue weighted by Crippen LogP contribution is -2.52. The monoisotopic (exact) mass is 565 g/mol. The Morgan fingerprint density at radius 1 is 0.925 bits per heavy atom. The molecule has 9 heteroatoms. The lowest BCUT2D eigenvalue weighted by atomic mass is 10.1. The molecule has 214 valence electrons. The zero-order valence-electron chi connectivity index (χ0n) is 23.9. The zero-order valence-corrected chi connectivity index (χ0v) is 24.7. The van der Waals surface area contributed by atoms with E-state index in [0.717, 1.165) is 27.4 Å². The number of rotatable bonds is 13. The molecule has 0 bridgehead atoms. The minimum atomic E-state index is -4.10. The van der Waals surface area contributed by atoms with Crippen molar-refractivity contribution in [3.05, 3.63) is 89.5 Å². The second-order valence-corrected chi connectivity index (χ2v) is 11.6. The molecule has 8 nitrogen and oxygen atoms in total. The maximum absolute atomic E-state index is 14.1. The van der Waals surface area contributed by atoms with Gasteiger partial charge in [0.1, 0.15) is 18.3 Å². The number of amides is 2. The van der Waals surface area contributed by atoms with Crippen LogP contribution in [0, 0.1) is 13.8 Å². The van der Waals surface area contributed by atoms with E-state index in [-0.39, 0.29) is 17.3 Å². The SMILES string of the molecule is CCCNC(=O)[C@H](CC)N(Cc1cccc(OC)c1)C(=O)CN(c1cccc(C)c1)S(=O)(=O)c1ccc(C)cc1. The molecule has 0 aliphatic rings. The van der Waals surface area contributed by atoms with Crippen molar-refractivity contribution in [2.24, 2.45) is 0 Å². The van der Waals surface area contributed by atoms with Crippen LogP contribution >= 0.6 is 0 Å². The summed E-state index contributed by atoms with van der Waals surface area (Å²) in [5, 5.41) is 2.89. The third-order valence-corrected chi connectivity index (χ3v) is 8.39. The fourth-order valence-electron chi connectivity index (χ4n) is 4.40. The number of carbonyl (C=O) groups excluding carboxylic acids is 2. The van der Waals surface area contributed by atoms with Crippen LogP contribution in [0.5, 0.6) is 5.75 Å². The van der Waals surface area contributed by atoms with Crippen molar-refractivity contribution in [2.75, 3.05) is 24.5 Å². The summed E-state index contributed by atoms with van der Waals surface area (Å²) in [5.41, 5.74) is 2.91. The van der Waals surface area contributed by atoms with Gasteiger partial charge in [-0.3, -0.25) is 13.9 Å². The first-order valence-corrected chi connectivity index (χ1v) is 14.9. The van der Waals surface area contributed by atoms with Gasteiger partial charge in [0, 0.05) is 13.1 Å². The van der Waals surface area contributed by atoms with Crippen molar-refractivity contribution < 1.29 is 22.7 Å². The summed E-state index contributed by atoms with van der Waals surface area (Å²) in [5.74, 6) is -0.140. The van der Waals surface area contributed by atoms with Crippen LogP contribution in [0.15, 0.2) is 77.7 Å². The Kier molecular flexibility index (Phi) is 10.7. The summed E-state index contributed by atoms with van der Waals surface area (Å²) in [4.78, 5) is 28.8. The second kappa shape index (κ2) is 14.0. The van der Waals surface area contributed by atoms with Crippen LogP contribution in [0.3, 0.4) is 0 Å². The van der Waals surface area contributed by atoms with Gasteiger partial charge in [-0.2, -0.15) is 0 Å². The number of benzene rings is 3. The summed E-state index contributed by atoms with van der Waals surface area (Å²) in [7, 11) is -2.54. The highest BCUT2D eigenvalue weighted by Crippen LogP contribution is 2.26. The van der Waals surface area contributed by atoms with E-state index >= 15 is 0 Å². The Labute approximate surface area is 238 Å². The normalized spacial score (nSPS) is 11.9. The smallest absolute Gasteiger partial charge is 0.264 e. The molecule has 3 aromatic rings. The molecule has 40 heavy (non-hydrogen) atoms. The molecule has 2 amide bonds. The number of methoxy groups -OCH3 is 1. The van der Waals surface area contributed by atoms with E-state index in [9.17, 15) is 18.0 Å². The van der Waals surface area contributed by atoms with Crippen molar-refractivity contribution in [3.8, 4) is 5.75 Å². The summed E-state index contributed by atoms with van der Waals surface area (Å²) >= 11 is 0. The fourth-order valence-corrected chi connectivity index (χ4v) is 5.81. The Bertz CT molecular complexity index is 1410. The first-order valence-electron chi connectivity index (χ1n) is 13.5. The standard InChI is InChI=1S/C31H39N3O5S/c1-6-18-32-31(36)29(7-2)33(21-25-11-9-13-27(20-25)39-5)30(35)22-34(26-12-8-10-24(4)19-26)40(37,38)28-16-14-23(3)15-17-28/h8-17,19-20,29H,6-7,18,21-22H2,1-5H3,(H,32,36)/t29-/m0/s1. The minimum Gasteiger partial charge on any atom is -0.497 e. The number of hydrogen-bond acceptors (Lipinski definition) is 5. The molecule has 0 aliphatic carbocycles. The van der Waals surface area contributed by atoms with Gasteiger partial charge in [-0.1, -0.05) is 55.8 Å². The van der Waals surface area contributed by atoms with Gasteiger partial charge in [0.2, 0.25) is 11.8 Å². The number of ether oxygens (including phenoxy) is 1. The van der Waals surface area contributed by atoms with Gasteiger partial charge in [-0.15, -0.1) is 0 Å². The van der Waals surface area contributed by atoms with Crippen LogP contribution in [0.2, 0.25) is 0 Å². The predicted molar refractivity (Wildman–Crippen MR) is 158 cm³/mol. The number of sulfonamides is 1. The molecule has 1 N–H and O–H groups in total. The quantitative estimate of drug-likeness (QED) is 0.320. The molecule has 0 radical (unpaired) electrons. The summed E-state index contributed by atoms with van der Waals surface area (Å²) in [6.07, 6.45) is 1.11. The Balaban J connectivity index is 2.06. The van der Waals surface area contributed by atoms with E-state index < -0.39 is 28.5 Å². The number of nitrogens with zero attached hydrogens (tertiary/aromatic N) is 2. The number of aryl methyl sites for hydroxylation is 2. The van der Waals surface area contributed by atoms with Crippen LogP contribution < -0.4 is 14.4 Å². The van der Waals surface area contributed by atoms with Crippen molar-refractivity contribution in [3.63, 3.8) is 0 Å². The number of hydrogen-bond donors (Lipinski definition) is 1. The average Bonchev–Trinajstić information content (AvgIpc) is 2.94. The van der Waals surface area contributed by atoms with Crippen LogP contribution in [0.4, 0.5) is 5.69 Å². The van der Waals surface area contributed by atoms with Crippen molar-refractivity contribution in [1.29, 1.82) is 0 Å². The number of nitrogens with one attached hydrogen (secondary N) is 1. The molecule has 0 heterocycles. The molecule has 0 fully saturated rings. The van der Waals surface area contributed by atoms with Gasteiger partial charge in [-0.05, 0) is 74.2 Å². The predicted octanol–water partition coefficient (Wildman–Crippen LogP) is 4.84.